The summed E-state index contributed by atoms with van der Waals surface area (Å²) >= 11 is 6.01. The van der Waals surface area contributed by atoms with Crippen molar-refractivity contribution in [2.75, 3.05) is 11.9 Å². The maximum absolute atomic E-state index is 6.01. The van der Waals surface area contributed by atoms with E-state index in [1.807, 2.05) is 11.9 Å². The van der Waals surface area contributed by atoms with Gasteiger partial charge in [0.05, 0.1) is 0 Å². The summed E-state index contributed by atoms with van der Waals surface area (Å²) in [5.41, 5.74) is 0.100. The molecule has 1 unspecified atom stereocenters. The van der Waals surface area contributed by atoms with Crippen LogP contribution in [0.25, 0.3) is 5.95 Å². The van der Waals surface area contributed by atoms with Gasteiger partial charge in [-0.05, 0) is 23.9 Å². The summed E-state index contributed by atoms with van der Waals surface area (Å²) in [6, 6.07) is 0.247. The zero-order valence-electron chi connectivity index (χ0n) is 12.4. The van der Waals surface area contributed by atoms with Crippen LogP contribution in [0.1, 0.15) is 27.7 Å². The first kappa shape index (κ1) is 14.7. The van der Waals surface area contributed by atoms with Crippen LogP contribution < -0.4 is 4.90 Å². The summed E-state index contributed by atoms with van der Waals surface area (Å²) < 4.78 is 1.70. The van der Waals surface area contributed by atoms with Crippen LogP contribution in [-0.2, 0) is 0 Å². The van der Waals surface area contributed by atoms with Crippen molar-refractivity contribution >= 4 is 17.5 Å². The molecule has 20 heavy (non-hydrogen) atoms. The molecule has 0 aliphatic rings. The molecule has 0 N–H and O–H groups in total. The van der Waals surface area contributed by atoms with Gasteiger partial charge in [0.15, 0.2) is 0 Å². The molecule has 0 saturated carbocycles. The van der Waals surface area contributed by atoms with Crippen molar-refractivity contribution < 1.29 is 0 Å². The van der Waals surface area contributed by atoms with Crippen molar-refractivity contribution in [2.24, 2.45) is 5.41 Å². The van der Waals surface area contributed by atoms with Gasteiger partial charge in [0.1, 0.15) is 6.33 Å². The Kier molecular flexibility index (Phi) is 3.94. The van der Waals surface area contributed by atoms with Gasteiger partial charge >= 0.3 is 0 Å². The quantitative estimate of drug-likeness (QED) is 0.871. The van der Waals surface area contributed by atoms with E-state index in [0.29, 0.717) is 11.9 Å². The minimum Gasteiger partial charge on any atom is -0.340 e. The minimum atomic E-state index is 0.100. The molecule has 108 valence electrons. The number of imidazole rings is 1. The van der Waals surface area contributed by atoms with E-state index in [1.54, 1.807) is 23.3 Å². The van der Waals surface area contributed by atoms with Crippen molar-refractivity contribution in [3.8, 4) is 5.95 Å². The fraction of sp³-hybridized carbons (Fsp3) is 0.538. The molecule has 0 aliphatic carbocycles. The zero-order valence-corrected chi connectivity index (χ0v) is 13.1. The third kappa shape index (κ3) is 3.07. The first-order valence-corrected chi connectivity index (χ1v) is 6.79. The molecule has 0 saturated heterocycles. The van der Waals surface area contributed by atoms with Crippen molar-refractivity contribution in [3.05, 3.63) is 24.0 Å². The number of halogens is 1. The van der Waals surface area contributed by atoms with Gasteiger partial charge in [-0.2, -0.15) is 15.0 Å². The van der Waals surface area contributed by atoms with Crippen LogP contribution in [0.4, 0.5) is 5.95 Å². The molecule has 2 aromatic heterocycles. The molecule has 0 radical (unpaired) electrons. The molecule has 6 nitrogen and oxygen atoms in total. The Hall–Kier alpha value is -1.69. The van der Waals surface area contributed by atoms with Crippen molar-refractivity contribution in [1.29, 1.82) is 0 Å². The molecule has 7 heteroatoms. The molecule has 2 heterocycles. The lowest BCUT2D eigenvalue weighted by atomic mass is 9.87. The van der Waals surface area contributed by atoms with Gasteiger partial charge in [0, 0.05) is 25.5 Å². The van der Waals surface area contributed by atoms with Crippen LogP contribution in [0.3, 0.4) is 0 Å². The van der Waals surface area contributed by atoms with Crippen molar-refractivity contribution in [2.45, 2.75) is 33.7 Å². The lowest BCUT2D eigenvalue weighted by molar-refractivity contribution is 0.327. The highest BCUT2D eigenvalue weighted by atomic mass is 35.5. The lowest BCUT2D eigenvalue weighted by Crippen LogP contribution is -2.40. The van der Waals surface area contributed by atoms with E-state index in [0.717, 1.165) is 0 Å². The Morgan fingerprint density at radius 1 is 1.25 bits per heavy atom. The van der Waals surface area contributed by atoms with Gasteiger partial charge in [-0.15, -0.1) is 0 Å². The monoisotopic (exact) mass is 294 g/mol. The van der Waals surface area contributed by atoms with Crippen LogP contribution >= 0.6 is 11.6 Å². The molecule has 0 aromatic carbocycles. The maximum Gasteiger partial charge on any atom is 0.241 e. The highest BCUT2D eigenvalue weighted by Gasteiger charge is 2.26. The predicted octanol–water partition coefficient (Wildman–Crippen LogP) is 2.58. The molecule has 0 spiro atoms. The number of hydrogen-bond donors (Lipinski definition) is 0. The Bertz CT molecular complexity index is 575. The first-order chi connectivity index (χ1) is 9.29. The van der Waals surface area contributed by atoms with Crippen molar-refractivity contribution in [1.82, 2.24) is 24.5 Å². The second kappa shape index (κ2) is 5.36. The highest BCUT2D eigenvalue weighted by molar-refractivity contribution is 6.28. The highest BCUT2D eigenvalue weighted by Crippen LogP contribution is 2.26. The molecule has 0 fully saturated rings. The minimum absolute atomic E-state index is 0.100. The largest absolute Gasteiger partial charge is 0.340 e. The van der Waals surface area contributed by atoms with Gasteiger partial charge < -0.3 is 4.90 Å². The molecular weight excluding hydrogens is 276 g/mol. The molecule has 0 amide bonds. The lowest BCUT2D eigenvalue weighted by Gasteiger charge is -2.35. The smallest absolute Gasteiger partial charge is 0.241 e. The maximum atomic E-state index is 6.01. The van der Waals surface area contributed by atoms with E-state index in [2.05, 4.69) is 47.6 Å². The topological polar surface area (TPSA) is 59.7 Å². The van der Waals surface area contributed by atoms with Gasteiger partial charge in [0.25, 0.3) is 0 Å². The van der Waals surface area contributed by atoms with Crippen LogP contribution in [0.15, 0.2) is 18.7 Å². The Morgan fingerprint density at radius 2 is 1.95 bits per heavy atom. The summed E-state index contributed by atoms with van der Waals surface area (Å²) in [5.74, 6) is 1.02. The number of aromatic nitrogens is 5. The fourth-order valence-electron chi connectivity index (χ4n) is 1.73. The predicted molar refractivity (Wildman–Crippen MR) is 79.3 cm³/mol. The zero-order chi connectivity index (χ0) is 14.9. The second-order valence-electron chi connectivity index (χ2n) is 5.83. The van der Waals surface area contributed by atoms with E-state index >= 15 is 0 Å². The van der Waals surface area contributed by atoms with Crippen LogP contribution in [0.2, 0.25) is 5.28 Å². The van der Waals surface area contributed by atoms with Crippen LogP contribution in [-0.4, -0.2) is 37.6 Å². The van der Waals surface area contributed by atoms with Crippen molar-refractivity contribution in [3.63, 3.8) is 0 Å². The van der Waals surface area contributed by atoms with E-state index in [9.17, 15) is 0 Å². The molecule has 2 rings (SSSR count). The average molecular weight is 295 g/mol. The molecule has 0 aliphatic heterocycles. The fourth-order valence-corrected chi connectivity index (χ4v) is 1.89. The number of rotatable bonds is 3. The Labute approximate surface area is 123 Å². The third-order valence-corrected chi connectivity index (χ3v) is 3.64. The number of anilines is 1. The SMILES string of the molecule is CC(N(C)c1nc(Cl)nc(-n2ccnc2)n1)C(C)(C)C. The second-order valence-corrected chi connectivity index (χ2v) is 6.17. The van der Waals surface area contributed by atoms with E-state index in [-0.39, 0.29) is 16.7 Å². The van der Waals surface area contributed by atoms with E-state index in [4.69, 9.17) is 11.6 Å². The summed E-state index contributed by atoms with van der Waals surface area (Å²) in [7, 11) is 1.96. The number of hydrogen-bond acceptors (Lipinski definition) is 5. The Morgan fingerprint density at radius 3 is 2.50 bits per heavy atom. The Balaban J connectivity index is 2.38. The molecule has 2 aromatic rings. The van der Waals surface area contributed by atoms with E-state index in [1.165, 1.54) is 0 Å². The molecule has 0 bridgehead atoms. The van der Waals surface area contributed by atoms with Crippen LogP contribution in [0.5, 0.6) is 0 Å². The molecule has 1 atom stereocenters. The molecular formula is C13H19ClN6. The van der Waals surface area contributed by atoms with E-state index < -0.39 is 0 Å². The van der Waals surface area contributed by atoms with Gasteiger partial charge in [-0.3, -0.25) is 4.57 Å². The third-order valence-electron chi connectivity index (χ3n) is 3.47. The summed E-state index contributed by atoms with van der Waals surface area (Å²) in [5, 5.41) is 0.173. The van der Waals surface area contributed by atoms with Crippen LogP contribution in [0, 0.1) is 5.41 Å². The average Bonchev–Trinajstić information content (AvgIpc) is 2.89. The summed E-state index contributed by atoms with van der Waals surface area (Å²) in [4.78, 5) is 18.8. The first-order valence-electron chi connectivity index (χ1n) is 6.42. The van der Waals surface area contributed by atoms with Gasteiger partial charge in [-0.1, -0.05) is 20.8 Å². The normalized spacial score (nSPS) is 13.3. The standard InChI is InChI=1S/C13H19ClN6/c1-9(13(2,3)4)19(5)11-16-10(14)17-12(18-11)20-7-6-15-8-20/h6-9H,1-5H3. The number of nitrogens with zero attached hydrogens (tertiary/aromatic N) is 6. The van der Waals surface area contributed by atoms with Gasteiger partial charge in [-0.25, -0.2) is 4.98 Å². The van der Waals surface area contributed by atoms with Gasteiger partial charge in [0.2, 0.25) is 17.2 Å². The summed E-state index contributed by atoms with van der Waals surface area (Å²) in [6.45, 7) is 8.66. The summed E-state index contributed by atoms with van der Waals surface area (Å²) in [6.07, 6.45) is 5.06.